The number of carbonyl (C=O) groups is 2. The van der Waals surface area contributed by atoms with E-state index in [1.165, 1.54) is 5.56 Å². The zero-order valence-electron chi connectivity index (χ0n) is 26.8. The van der Waals surface area contributed by atoms with E-state index >= 15 is 0 Å². The van der Waals surface area contributed by atoms with Crippen molar-refractivity contribution in [2.24, 2.45) is 17.8 Å². The Bertz CT molecular complexity index is 1140. The van der Waals surface area contributed by atoms with E-state index in [0.29, 0.717) is 24.1 Å². The van der Waals surface area contributed by atoms with E-state index in [2.05, 4.69) is 66.0 Å². The van der Waals surface area contributed by atoms with Crippen molar-refractivity contribution in [1.29, 1.82) is 0 Å². The summed E-state index contributed by atoms with van der Waals surface area (Å²) in [6.45, 7) is 9.02. The van der Waals surface area contributed by atoms with Crippen LogP contribution in [0, 0.1) is 24.7 Å². The summed E-state index contributed by atoms with van der Waals surface area (Å²) in [5.74, 6) is 0.393. The summed E-state index contributed by atoms with van der Waals surface area (Å²) in [7, 11) is 2.17. The Balaban J connectivity index is 1.52. The number of rotatable bonds is 8. The number of aliphatic hydroxyl groups excluding tert-OH is 1. The van der Waals surface area contributed by atoms with Gasteiger partial charge in [-0.2, -0.15) is 0 Å². The van der Waals surface area contributed by atoms with Gasteiger partial charge in [0.05, 0.1) is 12.5 Å². The molecule has 3 fully saturated rings. The van der Waals surface area contributed by atoms with Gasteiger partial charge < -0.3 is 30.7 Å². The number of hydrogen-bond donors (Lipinski definition) is 4. The molecule has 3 aliphatic heterocycles. The summed E-state index contributed by atoms with van der Waals surface area (Å²) in [5.41, 5.74) is 3.91. The second-order valence-corrected chi connectivity index (χ2v) is 13.8. The Morgan fingerprint density at radius 1 is 1.12 bits per heavy atom. The van der Waals surface area contributed by atoms with Crippen LogP contribution in [-0.2, 0) is 14.9 Å². The fourth-order valence-corrected chi connectivity index (χ4v) is 8.30. The molecule has 5 atom stereocenters. The quantitative estimate of drug-likeness (QED) is 0.336. The number of benzene rings is 1. The third-order valence-corrected chi connectivity index (χ3v) is 11.1. The third kappa shape index (κ3) is 6.97. The van der Waals surface area contributed by atoms with Crippen molar-refractivity contribution in [2.45, 2.75) is 102 Å². The highest BCUT2D eigenvalue weighted by Gasteiger charge is 2.44. The van der Waals surface area contributed by atoms with Crippen molar-refractivity contribution in [3.63, 3.8) is 0 Å². The molecule has 5 unspecified atom stereocenters. The molecule has 43 heavy (non-hydrogen) atoms. The van der Waals surface area contributed by atoms with Crippen LogP contribution in [0.15, 0.2) is 24.3 Å². The van der Waals surface area contributed by atoms with E-state index in [4.69, 9.17) is 4.74 Å². The number of anilines is 1. The third-order valence-electron chi connectivity index (χ3n) is 11.1. The monoisotopic (exact) mass is 594 g/mol. The van der Waals surface area contributed by atoms with Crippen molar-refractivity contribution in [3.05, 3.63) is 41.0 Å². The maximum atomic E-state index is 14.1. The van der Waals surface area contributed by atoms with E-state index in [-0.39, 0.29) is 47.8 Å². The van der Waals surface area contributed by atoms with Crippen molar-refractivity contribution < 1.29 is 19.4 Å². The second kappa shape index (κ2) is 14.1. The van der Waals surface area contributed by atoms with Crippen molar-refractivity contribution in [3.8, 4) is 0 Å². The van der Waals surface area contributed by atoms with E-state index in [0.717, 1.165) is 88.8 Å². The van der Waals surface area contributed by atoms with Crippen LogP contribution in [0.25, 0.3) is 0 Å². The number of hydrogen-bond acceptors (Lipinski definition) is 6. The van der Waals surface area contributed by atoms with E-state index in [1.807, 2.05) is 6.92 Å². The van der Waals surface area contributed by atoms with Crippen LogP contribution in [0.3, 0.4) is 0 Å². The molecule has 1 aliphatic carbocycles. The maximum Gasteiger partial charge on any atom is 0.251 e. The first-order chi connectivity index (χ1) is 20.7. The lowest BCUT2D eigenvalue weighted by Gasteiger charge is -2.47. The average molecular weight is 595 g/mol. The molecule has 0 bridgehead atoms. The number of piperidine rings is 2. The van der Waals surface area contributed by atoms with Crippen LogP contribution < -0.4 is 20.9 Å². The molecule has 3 saturated heterocycles. The lowest BCUT2D eigenvalue weighted by Crippen LogP contribution is -2.53. The Labute approximate surface area is 258 Å². The molecule has 0 spiro atoms. The Morgan fingerprint density at radius 3 is 2.47 bits per heavy atom. The molecule has 1 aromatic carbocycles. The highest BCUT2D eigenvalue weighted by molar-refractivity contribution is 5.98. The summed E-state index contributed by atoms with van der Waals surface area (Å²) < 4.78 is 5.68. The molecule has 2 amide bonds. The summed E-state index contributed by atoms with van der Waals surface area (Å²) in [4.78, 5) is 29.2. The van der Waals surface area contributed by atoms with Gasteiger partial charge in [0.25, 0.3) is 5.91 Å². The summed E-state index contributed by atoms with van der Waals surface area (Å²) >= 11 is 0. The molecular weight excluding hydrogens is 540 g/mol. The number of nitrogens with zero attached hydrogens (tertiary/aromatic N) is 1. The Morgan fingerprint density at radius 2 is 1.84 bits per heavy atom. The largest absolute Gasteiger partial charge is 0.395 e. The highest BCUT2D eigenvalue weighted by Crippen LogP contribution is 2.46. The zero-order valence-corrected chi connectivity index (χ0v) is 26.8. The predicted molar refractivity (Wildman–Crippen MR) is 172 cm³/mol. The smallest absolute Gasteiger partial charge is 0.251 e. The first-order valence-corrected chi connectivity index (χ1v) is 16.8. The molecular formula is C35H54N4O4. The highest BCUT2D eigenvalue weighted by atomic mass is 16.5. The fraction of sp³-hybridized carbons (Fsp3) is 0.714. The average Bonchev–Trinajstić information content (AvgIpc) is 3.31. The number of nitrogens with one attached hydrogen (secondary N) is 3. The zero-order chi connectivity index (χ0) is 30.6. The Kier molecular flexibility index (Phi) is 10.5. The van der Waals surface area contributed by atoms with Crippen molar-refractivity contribution in [1.82, 2.24) is 16.0 Å². The van der Waals surface area contributed by atoms with Gasteiger partial charge in [0, 0.05) is 68.1 Å². The van der Waals surface area contributed by atoms with Gasteiger partial charge in [-0.05, 0) is 107 Å². The van der Waals surface area contributed by atoms with Gasteiger partial charge in [-0.25, -0.2) is 0 Å². The molecule has 238 valence electrons. The number of carbonyl (C=O) groups excluding carboxylic acids is 2. The minimum absolute atomic E-state index is 0.0320. The summed E-state index contributed by atoms with van der Waals surface area (Å²) in [5, 5.41) is 19.9. The van der Waals surface area contributed by atoms with Crippen LogP contribution in [-0.4, -0.2) is 75.0 Å². The number of allylic oxidation sites excluding steroid dienone is 2. The molecule has 4 N–H and O–H groups in total. The van der Waals surface area contributed by atoms with Gasteiger partial charge >= 0.3 is 0 Å². The van der Waals surface area contributed by atoms with Crippen molar-refractivity contribution >= 4 is 17.5 Å². The topological polar surface area (TPSA) is 103 Å². The molecule has 1 aromatic rings. The van der Waals surface area contributed by atoms with E-state index in [9.17, 15) is 14.7 Å². The van der Waals surface area contributed by atoms with Gasteiger partial charge in [0.15, 0.2) is 0 Å². The minimum atomic E-state index is -0.226. The molecule has 4 aliphatic rings. The summed E-state index contributed by atoms with van der Waals surface area (Å²) in [6, 6.07) is 5.17. The predicted octanol–water partition coefficient (Wildman–Crippen LogP) is 4.23. The van der Waals surface area contributed by atoms with E-state index < -0.39 is 0 Å². The van der Waals surface area contributed by atoms with Gasteiger partial charge in [-0.15, -0.1) is 0 Å². The lowest BCUT2D eigenvalue weighted by atomic mass is 9.62. The first kappa shape index (κ1) is 32.0. The SMILES string of the molecule is Cc1c(C(=O)NCC2C(=O)NC(C)CC2C)cc(C2(C3CCC=CCC3)CCC(CO)NC2)cc1N(C)C1CCOCC1. The Hall–Kier alpha value is -2.42. The normalized spacial score (nSPS) is 30.9. The van der Waals surface area contributed by atoms with Gasteiger partial charge in [0.1, 0.15) is 0 Å². The maximum absolute atomic E-state index is 14.1. The molecule has 0 radical (unpaired) electrons. The van der Waals surface area contributed by atoms with Crippen LogP contribution in [0.2, 0.25) is 0 Å². The molecule has 8 heteroatoms. The van der Waals surface area contributed by atoms with Gasteiger partial charge in [-0.3, -0.25) is 9.59 Å². The van der Waals surface area contributed by atoms with Crippen LogP contribution in [0.1, 0.15) is 93.1 Å². The lowest BCUT2D eigenvalue weighted by molar-refractivity contribution is -0.129. The minimum Gasteiger partial charge on any atom is -0.395 e. The molecule has 3 heterocycles. The standard InChI is InChI=1S/C35H54N4O4/c1-23-17-24(2)38-34(42)31(23)20-36-33(41)30-18-27(19-32(25(30)3)39(4)29-12-15-43-16-13-29)35(14-11-28(21-40)37-22-35)26-9-7-5-6-8-10-26/h5-6,18-19,23-24,26,28-29,31,37,40H,7-17,20-22H2,1-4H3,(H,36,41)(H,38,42). The summed E-state index contributed by atoms with van der Waals surface area (Å²) in [6.07, 6.45) is 13.8. The van der Waals surface area contributed by atoms with Gasteiger partial charge in [-0.1, -0.05) is 19.1 Å². The number of aliphatic hydroxyl groups is 1. The molecule has 0 saturated carbocycles. The van der Waals surface area contributed by atoms with Crippen molar-refractivity contribution in [2.75, 3.05) is 44.9 Å². The van der Waals surface area contributed by atoms with Crippen LogP contribution in [0.4, 0.5) is 5.69 Å². The fourth-order valence-electron chi connectivity index (χ4n) is 8.30. The van der Waals surface area contributed by atoms with Crippen LogP contribution >= 0.6 is 0 Å². The second-order valence-electron chi connectivity index (χ2n) is 13.8. The molecule has 0 aromatic heterocycles. The van der Waals surface area contributed by atoms with Gasteiger partial charge in [0.2, 0.25) is 5.91 Å². The number of amides is 2. The number of ether oxygens (including phenoxy) is 1. The first-order valence-electron chi connectivity index (χ1n) is 16.8. The molecule has 5 rings (SSSR count). The molecule has 8 nitrogen and oxygen atoms in total. The van der Waals surface area contributed by atoms with Crippen LogP contribution in [0.5, 0.6) is 0 Å². The van der Waals surface area contributed by atoms with E-state index in [1.54, 1.807) is 0 Å².